The molecule has 0 bridgehead atoms. The number of carbonyl (C=O) groups is 1. The maximum absolute atomic E-state index is 11.6. The summed E-state index contributed by atoms with van der Waals surface area (Å²) in [6.07, 6.45) is 0. The van der Waals surface area contributed by atoms with Gasteiger partial charge in [0.25, 0.3) is 15.9 Å². The second-order valence-electron chi connectivity index (χ2n) is 3.28. The first kappa shape index (κ1) is 12.3. The monoisotopic (exact) mass is 240 g/mol. The van der Waals surface area contributed by atoms with Gasteiger partial charge in [-0.3, -0.25) is 4.79 Å². The quantitative estimate of drug-likeness (QED) is 0.599. The third kappa shape index (κ3) is 2.83. The van der Waals surface area contributed by atoms with Crippen molar-refractivity contribution in [3.8, 4) is 0 Å². The van der Waals surface area contributed by atoms with Gasteiger partial charge in [0.1, 0.15) is 0 Å². The van der Waals surface area contributed by atoms with E-state index in [9.17, 15) is 13.2 Å². The second-order valence-corrected chi connectivity index (χ2v) is 4.97. The van der Waals surface area contributed by atoms with E-state index in [1.165, 1.54) is 31.2 Å². The number of benzene rings is 1. The lowest BCUT2D eigenvalue weighted by molar-refractivity contribution is -0.115. The van der Waals surface area contributed by atoms with Crippen LogP contribution in [0.3, 0.4) is 0 Å². The van der Waals surface area contributed by atoms with Crippen LogP contribution in [0.1, 0.15) is 6.92 Å². The van der Waals surface area contributed by atoms with E-state index in [2.05, 4.69) is 6.58 Å². The molecule has 0 fully saturated rings. The van der Waals surface area contributed by atoms with Gasteiger partial charge >= 0.3 is 0 Å². The molecule has 0 spiro atoms. The van der Waals surface area contributed by atoms with Crippen molar-refractivity contribution >= 4 is 21.6 Å². The van der Waals surface area contributed by atoms with Crippen LogP contribution in [0.2, 0.25) is 0 Å². The standard InChI is InChI=1S/C10H12N2O3S/c1-7(2)10(13)12-16(14,15)9-5-3-8(11)4-6-9/h3-6H,1,11H2,2H3,(H,12,13). The molecule has 5 nitrogen and oxygen atoms in total. The number of sulfonamides is 1. The fraction of sp³-hybridized carbons (Fsp3) is 0.100. The number of nitrogen functional groups attached to an aromatic ring is 1. The van der Waals surface area contributed by atoms with Gasteiger partial charge in [-0.05, 0) is 31.2 Å². The molecule has 0 unspecified atom stereocenters. The predicted octanol–water partition coefficient (Wildman–Crippen LogP) is 0.650. The number of rotatable bonds is 3. The van der Waals surface area contributed by atoms with Crippen LogP contribution in [0.5, 0.6) is 0 Å². The van der Waals surface area contributed by atoms with E-state index in [-0.39, 0.29) is 10.5 Å². The Labute approximate surface area is 94.0 Å². The molecule has 1 amide bonds. The summed E-state index contributed by atoms with van der Waals surface area (Å²) in [5.41, 5.74) is 6.00. The number of anilines is 1. The van der Waals surface area contributed by atoms with Gasteiger partial charge in [-0.15, -0.1) is 0 Å². The summed E-state index contributed by atoms with van der Waals surface area (Å²) in [6.45, 7) is 4.77. The average Bonchev–Trinajstić information content (AvgIpc) is 2.17. The van der Waals surface area contributed by atoms with Crippen LogP contribution in [0.4, 0.5) is 5.69 Å². The molecule has 0 saturated carbocycles. The summed E-state index contributed by atoms with van der Waals surface area (Å²) < 4.78 is 25.2. The summed E-state index contributed by atoms with van der Waals surface area (Å²) in [4.78, 5) is 11.2. The molecular formula is C10H12N2O3S. The highest BCUT2D eigenvalue weighted by Gasteiger charge is 2.17. The highest BCUT2D eigenvalue weighted by Crippen LogP contribution is 2.11. The normalized spacial score (nSPS) is 10.8. The van der Waals surface area contributed by atoms with Crippen LogP contribution in [-0.2, 0) is 14.8 Å². The van der Waals surface area contributed by atoms with Gasteiger partial charge in [-0.25, -0.2) is 13.1 Å². The van der Waals surface area contributed by atoms with Crippen molar-refractivity contribution in [2.24, 2.45) is 0 Å². The molecular weight excluding hydrogens is 228 g/mol. The Morgan fingerprint density at radius 2 is 1.81 bits per heavy atom. The van der Waals surface area contributed by atoms with Crippen molar-refractivity contribution in [1.29, 1.82) is 0 Å². The molecule has 0 aliphatic rings. The Hall–Kier alpha value is -1.82. The minimum atomic E-state index is -3.84. The highest BCUT2D eigenvalue weighted by molar-refractivity contribution is 7.90. The Morgan fingerprint density at radius 1 is 1.31 bits per heavy atom. The van der Waals surface area contributed by atoms with E-state index >= 15 is 0 Å². The van der Waals surface area contributed by atoms with Gasteiger partial charge in [0.15, 0.2) is 0 Å². The van der Waals surface area contributed by atoms with Crippen LogP contribution in [0.15, 0.2) is 41.3 Å². The summed E-state index contributed by atoms with van der Waals surface area (Å²) >= 11 is 0. The number of amides is 1. The van der Waals surface area contributed by atoms with Gasteiger partial charge in [0.2, 0.25) is 0 Å². The molecule has 0 aliphatic heterocycles. The lowest BCUT2D eigenvalue weighted by atomic mass is 10.3. The fourth-order valence-electron chi connectivity index (χ4n) is 0.915. The topological polar surface area (TPSA) is 89.3 Å². The second kappa shape index (κ2) is 4.36. The first-order chi connectivity index (χ1) is 7.33. The van der Waals surface area contributed by atoms with E-state index < -0.39 is 15.9 Å². The SMILES string of the molecule is C=C(C)C(=O)NS(=O)(=O)c1ccc(N)cc1. The molecule has 0 saturated heterocycles. The summed E-state index contributed by atoms with van der Waals surface area (Å²) in [6, 6.07) is 5.53. The number of hydrogen-bond donors (Lipinski definition) is 2. The summed E-state index contributed by atoms with van der Waals surface area (Å²) in [5.74, 6) is -0.725. The number of nitrogens with two attached hydrogens (primary N) is 1. The van der Waals surface area contributed by atoms with E-state index in [0.29, 0.717) is 5.69 Å². The predicted molar refractivity (Wildman–Crippen MR) is 61.0 cm³/mol. The van der Waals surface area contributed by atoms with Gasteiger partial charge in [0.05, 0.1) is 4.90 Å². The van der Waals surface area contributed by atoms with Gasteiger partial charge in [0, 0.05) is 11.3 Å². The lowest BCUT2D eigenvalue weighted by Gasteiger charge is -2.06. The van der Waals surface area contributed by atoms with Crippen LogP contribution in [-0.4, -0.2) is 14.3 Å². The van der Waals surface area contributed by atoms with Crippen molar-refractivity contribution < 1.29 is 13.2 Å². The Morgan fingerprint density at radius 3 is 2.25 bits per heavy atom. The van der Waals surface area contributed by atoms with E-state index in [1.54, 1.807) is 0 Å². The largest absolute Gasteiger partial charge is 0.399 e. The zero-order valence-corrected chi connectivity index (χ0v) is 9.54. The van der Waals surface area contributed by atoms with Gasteiger partial charge < -0.3 is 5.73 Å². The molecule has 6 heteroatoms. The van der Waals surface area contributed by atoms with Crippen LogP contribution in [0.25, 0.3) is 0 Å². The maximum atomic E-state index is 11.6. The Kier molecular flexibility index (Phi) is 3.34. The number of nitrogens with one attached hydrogen (secondary N) is 1. The minimum Gasteiger partial charge on any atom is -0.399 e. The van der Waals surface area contributed by atoms with Gasteiger partial charge in [-0.1, -0.05) is 6.58 Å². The van der Waals surface area contributed by atoms with E-state index in [0.717, 1.165) is 0 Å². The summed E-state index contributed by atoms with van der Waals surface area (Å²) in [7, 11) is -3.84. The Bertz CT molecular complexity index is 518. The molecule has 16 heavy (non-hydrogen) atoms. The van der Waals surface area contributed by atoms with Gasteiger partial charge in [-0.2, -0.15) is 0 Å². The number of hydrogen-bond acceptors (Lipinski definition) is 4. The third-order valence-electron chi connectivity index (χ3n) is 1.81. The molecule has 0 atom stereocenters. The van der Waals surface area contributed by atoms with Crippen molar-refractivity contribution in [2.75, 3.05) is 5.73 Å². The molecule has 0 radical (unpaired) electrons. The Balaban J connectivity index is 2.99. The first-order valence-electron chi connectivity index (χ1n) is 4.41. The van der Waals surface area contributed by atoms with E-state index in [4.69, 9.17) is 5.73 Å². The first-order valence-corrected chi connectivity index (χ1v) is 5.89. The lowest BCUT2D eigenvalue weighted by Crippen LogP contribution is -2.30. The smallest absolute Gasteiger partial charge is 0.264 e. The van der Waals surface area contributed by atoms with Crippen molar-refractivity contribution in [3.05, 3.63) is 36.4 Å². The zero-order valence-electron chi connectivity index (χ0n) is 8.73. The molecule has 0 aromatic heterocycles. The minimum absolute atomic E-state index is 0.0173. The third-order valence-corrected chi connectivity index (χ3v) is 3.15. The molecule has 0 aliphatic carbocycles. The molecule has 86 valence electrons. The van der Waals surface area contributed by atoms with Crippen LogP contribution < -0.4 is 10.5 Å². The maximum Gasteiger partial charge on any atom is 0.264 e. The van der Waals surface area contributed by atoms with Crippen molar-refractivity contribution in [2.45, 2.75) is 11.8 Å². The highest BCUT2D eigenvalue weighted by atomic mass is 32.2. The average molecular weight is 240 g/mol. The molecule has 3 N–H and O–H groups in total. The molecule has 1 aromatic carbocycles. The number of carbonyl (C=O) groups excluding carboxylic acids is 1. The van der Waals surface area contributed by atoms with E-state index in [1.807, 2.05) is 4.72 Å². The molecule has 1 aromatic rings. The van der Waals surface area contributed by atoms with Crippen molar-refractivity contribution in [1.82, 2.24) is 4.72 Å². The fourth-order valence-corrected chi connectivity index (χ4v) is 1.95. The van der Waals surface area contributed by atoms with Crippen molar-refractivity contribution in [3.63, 3.8) is 0 Å². The zero-order chi connectivity index (χ0) is 12.3. The summed E-state index contributed by atoms with van der Waals surface area (Å²) in [5, 5.41) is 0. The van der Waals surface area contributed by atoms with Crippen LogP contribution in [0, 0.1) is 0 Å². The van der Waals surface area contributed by atoms with Crippen LogP contribution >= 0.6 is 0 Å². The molecule has 1 rings (SSSR count). The molecule has 0 heterocycles.